The van der Waals surface area contributed by atoms with Crippen LogP contribution in [-0.4, -0.2) is 78.6 Å². The van der Waals surface area contributed by atoms with Gasteiger partial charge in [-0.15, -0.1) is 0 Å². The van der Waals surface area contributed by atoms with Crippen LogP contribution in [0.5, 0.6) is 0 Å². The summed E-state index contributed by atoms with van der Waals surface area (Å²) >= 11 is 0. The highest BCUT2D eigenvalue weighted by Gasteiger charge is 2.60. The molecule has 6 heteroatoms. The van der Waals surface area contributed by atoms with Gasteiger partial charge in [-0.3, -0.25) is 9.69 Å². The summed E-state index contributed by atoms with van der Waals surface area (Å²) in [6.07, 6.45) is 1.87. The fourth-order valence-corrected chi connectivity index (χ4v) is 4.60. The average molecular weight is 337 g/mol. The molecule has 24 heavy (non-hydrogen) atoms. The first kappa shape index (κ1) is 17.5. The summed E-state index contributed by atoms with van der Waals surface area (Å²) < 4.78 is 5.08. The van der Waals surface area contributed by atoms with Crippen LogP contribution in [0, 0.1) is 17.8 Å². The Hall–Kier alpha value is -1.30. The van der Waals surface area contributed by atoms with E-state index in [1.807, 2.05) is 16.7 Å². The van der Waals surface area contributed by atoms with E-state index >= 15 is 0 Å². The smallest absolute Gasteiger partial charge is 0.409 e. The van der Waals surface area contributed by atoms with E-state index in [2.05, 4.69) is 18.7 Å². The summed E-state index contributed by atoms with van der Waals surface area (Å²) in [5, 5.41) is 0. The number of amides is 2. The zero-order valence-electron chi connectivity index (χ0n) is 15.2. The van der Waals surface area contributed by atoms with Gasteiger partial charge in [0.05, 0.1) is 6.61 Å². The van der Waals surface area contributed by atoms with Crippen molar-refractivity contribution in [2.75, 3.05) is 45.9 Å². The summed E-state index contributed by atoms with van der Waals surface area (Å²) in [5.41, 5.74) is 0. The summed E-state index contributed by atoms with van der Waals surface area (Å²) in [5.74, 6) is 1.79. The van der Waals surface area contributed by atoms with Gasteiger partial charge in [-0.25, -0.2) is 4.79 Å². The molecule has 0 unspecified atom stereocenters. The van der Waals surface area contributed by atoms with Gasteiger partial charge in [0.25, 0.3) is 0 Å². The van der Waals surface area contributed by atoms with E-state index in [1.165, 1.54) is 0 Å². The Bertz CT molecular complexity index is 460. The lowest BCUT2D eigenvalue weighted by molar-refractivity contribution is -0.133. The molecule has 0 N–H and O–H groups in total. The fourth-order valence-electron chi connectivity index (χ4n) is 4.60. The van der Waals surface area contributed by atoms with Gasteiger partial charge in [0.1, 0.15) is 0 Å². The highest BCUT2D eigenvalue weighted by molar-refractivity contribution is 5.82. The zero-order chi connectivity index (χ0) is 17.3. The number of carbonyl (C=O) groups excluding carboxylic acids is 2. The lowest BCUT2D eigenvalue weighted by Crippen LogP contribution is -2.47. The van der Waals surface area contributed by atoms with Crippen molar-refractivity contribution in [1.29, 1.82) is 0 Å². The fraction of sp³-hybridized carbons (Fsp3) is 0.889. The summed E-state index contributed by atoms with van der Waals surface area (Å²) in [6, 6.07) is 0.563. The molecule has 0 aromatic rings. The first-order valence-corrected chi connectivity index (χ1v) is 9.55. The van der Waals surface area contributed by atoms with E-state index in [0.717, 1.165) is 52.1 Å². The molecule has 0 aromatic heterocycles. The third kappa shape index (κ3) is 3.25. The van der Waals surface area contributed by atoms with E-state index < -0.39 is 0 Å². The number of hydrogen-bond acceptors (Lipinski definition) is 4. The lowest BCUT2D eigenvalue weighted by atomic mass is 10.0. The summed E-state index contributed by atoms with van der Waals surface area (Å²) in [6.45, 7) is 11.7. The zero-order valence-corrected chi connectivity index (χ0v) is 15.2. The van der Waals surface area contributed by atoms with Crippen molar-refractivity contribution >= 4 is 12.0 Å². The molecule has 1 saturated carbocycles. The SMILES string of the molecule is CCOC(=O)N1CCC(N2C[C@@H]3[C@H](C2)[C@@H]3C(=O)N(CC)CC)CC1. The highest BCUT2D eigenvalue weighted by atomic mass is 16.6. The van der Waals surface area contributed by atoms with Gasteiger partial charge in [0, 0.05) is 51.2 Å². The van der Waals surface area contributed by atoms with E-state index in [0.29, 0.717) is 30.4 Å². The number of rotatable bonds is 5. The molecule has 2 amide bonds. The number of likely N-dealkylation sites (tertiary alicyclic amines) is 2. The molecular formula is C18H31N3O3. The van der Waals surface area contributed by atoms with Crippen molar-refractivity contribution in [3.05, 3.63) is 0 Å². The maximum absolute atomic E-state index is 12.5. The minimum atomic E-state index is -0.176. The van der Waals surface area contributed by atoms with Crippen LogP contribution in [-0.2, 0) is 9.53 Å². The highest BCUT2D eigenvalue weighted by Crippen LogP contribution is 2.53. The van der Waals surface area contributed by atoms with E-state index in [1.54, 1.807) is 0 Å². The van der Waals surface area contributed by atoms with E-state index in [4.69, 9.17) is 4.74 Å². The van der Waals surface area contributed by atoms with Crippen molar-refractivity contribution in [2.24, 2.45) is 17.8 Å². The van der Waals surface area contributed by atoms with Crippen LogP contribution in [0.2, 0.25) is 0 Å². The van der Waals surface area contributed by atoms with Crippen LogP contribution >= 0.6 is 0 Å². The number of ether oxygens (including phenoxy) is 1. The predicted molar refractivity (Wildman–Crippen MR) is 91.6 cm³/mol. The molecule has 2 aliphatic heterocycles. The Labute approximate surface area is 145 Å². The normalized spacial score (nSPS) is 30.1. The first-order chi connectivity index (χ1) is 11.6. The molecule has 3 aliphatic rings. The van der Waals surface area contributed by atoms with Gasteiger partial charge in [-0.05, 0) is 45.4 Å². The molecule has 1 aliphatic carbocycles. The van der Waals surface area contributed by atoms with Gasteiger partial charge in [-0.1, -0.05) is 0 Å². The third-order valence-electron chi connectivity index (χ3n) is 6.09. The summed E-state index contributed by atoms with van der Waals surface area (Å²) in [4.78, 5) is 30.6. The molecule has 3 atom stereocenters. The lowest BCUT2D eigenvalue weighted by Gasteiger charge is -2.37. The number of carbonyl (C=O) groups is 2. The Morgan fingerprint density at radius 1 is 1.04 bits per heavy atom. The number of hydrogen-bond donors (Lipinski definition) is 0. The number of nitrogens with zero attached hydrogens (tertiary/aromatic N) is 3. The minimum absolute atomic E-state index is 0.176. The standard InChI is InChI=1S/C18H31N3O3/c1-4-19(5-2)17(22)16-14-11-21(12-15(14)16)13-7-9-20(10-8-13)18(23)24-6-3/h13-16H,4-12H2,1-3H3/t14-,15+,16-. The van der Waals surface area contributed by atoms with Crippen LogP contribution in [0.4, 0.5) is 4.79 Å². The van der Waals surface area contributed by atoms with Crippen molar-refractivity contribution in [2.45, 2.75) is 39.7 Å². The molecule has 2 heterocycles. The number of fused-ring (bicyclic) bond motifs is 1. The second-order valence-corrected chi connectivity index (χ2v) is 7.24. The Kier molecular flexibility index (Phi) is 5.33. The van der Waals surface area contributed by atoms with Crippen LogP contribution in [0.3, 0.4) is 0 Å². The van der Waals surface area contributed by atoms with Crippen molar-refractivity contribution in [1.82, 2.24) is 14.7 Å². The van der Waals surface area contributed by atoms with Crippen molar-refractivity contribution in [3.8, 4) is 0 Å². The average Bonchev–Trinajstić information content (AvgIpc) is 3.10. The predicted octanol–water partition coefficient (Wildman–Crippen LogP) is 1.65. The molecule has 0 bridgehead atoms. The number of piperidine rings is 2. The Morgan fingerprint density at radius 3 is 2.12 bits per heavy atom. The Balaban J connectivity index is 1.44. The molecule has 2 saturated heterocycles. The molecular weight excluding hydrogens is 306 g/mol. The van der Waals surface area contributed by atoms with E-state index in [9.17, 15) is 9.59 Å². The molecule has 6 nitrogen and oxygen atoms in total. The van der Waals surface area contributed by atoms with Crippen LogP contribution < -0.4 is 0 Å². The maximum Gasteiger partial charge on any atom is 0.409 e. The monoisotopic (exact) mass is 337 g/mol. The Morgan fingerprint density at radius 2 is 1.62 bits per heavy atom. The minimum Gasteiger partial charge on any atom is -0.450 e. The summed E-state index contributed by atoms with van der Waals surface area (Å²) in [7, 11) is 0. The van der Waals surface area contributed by atoms with Crippen LogP contribution in [0.1, 0.15) is 33.6 Å². The third-order valence-corrected chi connectivity index (χ3v) is 6.09. The molecule has 3 rings (SSSR count). The molecule has 136 valence electrons. The quantitative estimate of drug-likeness (QED) is 0.765. The molecule has 0 spiro atoms. The van der Waals surface area contributed by atoms with Gasteiger partial charge >= 0.3 is 6.09 Å². The van der Waals surface area contributed by atoms with Gasteiger partial charge < -0.3 is 14.5 Å². The van der Waals surface area contributed by atoms with Crippen LogP contribution in [0.25, 0.3) is 0 Å². The van der Waals surface area contributed by atoms with Crippen LogP contribution in [0.15, 0.2) is 0 Å². The maximum atomic E-state index is 12.5. The molecule has 0 radical (unpaired) electrons. The van der Waals surface area contributed by atoms with Crippen molar-refractivity contribution < 1.29 is 14.3 Å². The molecule has 0 aromatic carbocycles. The van der Waals surface area contributed by atoms with Gasteiger partial charge in [0.2, 0.25) is 5.91 Å². The second kappa shape index (κ2) is 7.30. The van der Waals surface area contributed by atoms with E-state index in [-0.39, 0.29) is 12.0 Å². The first-order valence-electron chi connectivity index (χ1n) is 9.55. The van der Waals surface area contributed by atoms with Crippen molar-refractivity contribution in [3.63, 3.8) is 0 Å². The largest absolute Gasteiger partial charge is 0.450 e. The topological polar surface area (TPSA) is 53.1 Å². The molecule has 3 fully saturated rings. The van der Waals surface area contributed by atoms with Gasteiger partial charge in [0.15, 0.2) is 0 Å². The second-order valence-electron chi connectivity index (χ2n) is 7.24. The van der Waals surface area contributed by atoms with Gasteiger partial charge in [-0.2, -0.15) is 0 Å².